The molecule has 0 unspecified atom stereocenters. The number of benzene rings is 1. The Morgan fingerprint density at radius 1 is 1.33 bits per heavy atom. The molecule has 1 aromatic rings. The van der Waals surface area contributed by atoms with Gasteiger partial charge in [-0.3, -0.25) is 0 Å². The van der Waals surface area contributed by atoms with Crippen molar-refractivity contribution in [2.24, 2.45) is 11.7 Å². The molecule has 0 saturated heterocycles. The minimum absolute atomic E-state index is 0.139. The van der Waals surface area contributed by atoms with Gasteiger partial charge in [0, 0.05) is 5.02 Å². The first-order chi connectivity index (χ1) is 6.93. The number of halogens is 1. The number of aliphatic hydroxyl groups is 1. The molecule has 2 nitrogen and oxygen atoms in total. The Bertz CT molecular complexity index is 338. The van der Waals surface area contributed by atoms with E-state index in [0.29, 0.717) is 5.02 Å². The normalized spacial score (nSPS) is 15.4. The second-order valence-corrected chi connectivity index (χ2v) is 4.68. The zero-order chi connectivity index (χ0) is 11.6. The van der Waals surface area contributed by atoms with Crippen molar-refractivity contribution in [2.75, 3.05) is 0 Å². The van der Waals surface area contributed by atoms with Gasteiger partial charge in [0.05, 0.1) is 12.1 Å². The van der Waals surface area contributed by atoms with E-state index < -0.39 is 6.10 Å². The molecule has 3 N–H and O–H groups in total. The highest BCUT2D eigenvalue weighted by atomic mass is 35.5. The lowest BCUT2D eigenvalue weighted by molar-refractivity contribution is 0.0979. The van der Waals surface area contributed by atoms with E-state index in [1.54, 1.807) is 0 Å². The number of hydrogen-bond donors (Lipinski definition) is 2. The van der Waals surface area contributed by atoms with E-state index in [1.165, 1.54) is 0 Å². The van der Waals surface area contributed by atoms with Gasteiger partial charge in [0.25, 0.3) is 0 Å². The van der Waals surface area contributed by atoms with Crippen LogP contribution in [0.4, 0.5) is 0 Å². The SMILES string of the molecule is Cc1ccc([C@H](N)[C@H](O)C(C)C)cc1Cl. The molecule has 0 heterocycles. The summed E-state index contributed by atoms with van der Waals surface area (Å²) in [5.41, 5.74) is 7.85. The number of hydrogen-bond acceptors (Lipinski definition) is 2. The quantitative estimate of drug-likeness (QED) is 0.834. The van der Waals surface area contributed by atoms with Gasteiger partial charge in [-0.1, -0.05) is 37.6 Å². The molecule has 2 atom stereocenters. The van der Waals surface area contributed by atoms with Crippen molar-refractivity contribution in [3.63, 3.8) is 0 Å². The van der Waals surface area contributed by atoms with Crippen LogP contribution in [0.3, 0.4) is 0 Å². The second-order valence-electron chi connectivity index (χ2n) is 4.27. The summed E-state index contributed by atoms with van der Waals surface area (Å²) in [4.78, 5) is 0. The average molecular weight is 228 g/mol. The summed E-state index contributed by atoms with van der Waals surface area (Å²) in [6.07, 6.45) is -0.538. The largest absolute Gasteiger partial charge is 0.391 e. The number of rotatable bonds is 3. The van der Waals surface area contributed by atoms with E-state index >= 15 is 0 Å². The molecule has 0 amide bonds. The number of nitrogens with two attached hydrogens (primary N) is 1. The van der Waals surface area contributed by atoms with E-state index in [0.717, 1.165) is 11.1 Å². The lowest BCUT2D eigenvalue weighted by Gasteiger charge is -2.22. The van der Waals surface area contributed by atoms with Gasteiger partial charge in [-0.2, -0.15) is 0 Å². The van der Waals surface area contributed by atoms with E-state index in [9.17, 15) is 5.11 Å². The molecule has 0 saturated carbocycles. The molecule has 15 heavy (non-hydrogen) atoms. The predicted octanol–water partition coefficient (Wildman–Crippen LogP) is 2.67. The number of aliphatic hydroxyl groups excluding tert-OH is 1. The predicted molar refractivity (Wildman–Crippen MR) is 64.0 cm³/mol. The summed E-state index contributed by atoms with van der Waals surface area (Å²) in [6, 6.07) is 5.29. The minimum atomic E-state index is -0.538. The summed E-state index contributed by atoms with van der Waals surface area (Å²) in [5.74, 6) is 0.139. The second kappa shape index (κ2) is 4.97. The van der Waals surface area contributed by atoms with Crippen LogP contribution < -0.4 is 5.73 Å². The van der Waals surface area contributed by atoms with Crippen LogP contribution >= 0.6 is 11.6 Å². The van der Waals surface area contributed by atoms with Crippen LogP contribution in [-0.4, -0.2) is 11.2 Å². The molecule has 0 spiro atoms. The summed E-state index contributed by atoms with van der Waals surface area (Å²) >= 11 is 6.00. The molecule has 0 aliphatic heterocycles. The fraction of sp³-hybridized carbons (Fsp3) is 0.500. The third-order valence-corrected chi connectivity index (χ3v) is 3.04. The molecule has 0 fully saturated rings. The molecule has 0 radical (unpaired) electrons. The fourth-order valence-electron chi connectivity index (χ4n) is 1.43. The molecule has 0 bridgehead atoms. The van der Waals surface area contributed by atoms with Crippen LogP contribution in [0, 0.1) is 12.8 Å². The lowest BCUT2D eigenvalue weighted by Crippen LogP contribution is -2.30. The summed E-state index contributed by atoms with van der Waals surface area (Å²) < 4.78 is 0. The first-order valence-electron chi connectivity index (χ1n) is 5.13. The van der Waals surface area contributed by atoms with Crippen LogP contribution in [-0.2, 0) is 0 Å². The Kier molecular flexibility index (Phi) is 4.14. The van der Waals surface area contributed by atoms with Gasteiger partial charge < -0.3 is 10.8 Å². The molecule has 84 valence electrons. The molecule has 0 aliphatic carbocycles. The van der Waals surface area contributed by atoms with Crippen LogP contribution in [0.25, 0.3) is 0 Å². The molecular weight excluding hydrogens is 210 g/mol. The van der Waals surface area contributed by atoms with Gasteiger partial charge in [-0.15, -0.1) is 0 Å². The molecule has 0 aliphatic rings. The standard InChI is InChI=1S/C12H18ClNO/c1-7(2)12(15)11(14)9-5-4-8(3)10(13)6-9/h4-7,11-12,15H,14H2,1-3H3/t11-,12+/m0/s1. The van der Waals surface area contributed by atoms with Gasteiger partial charge in [0.1, 0.15) is 0 Å². The fourth-order valence-corrected chi connectivity index (χ4v) is 1.62. The Morgan fingerprint density at radius 3 is 2.40 bits per heavy atom. The van der Waals surface area contributed by atoms with Crippen molar-refractivity contribution >= 4 is 11.6 Å². The molecule has 0 aromatic heterocycles. The minimum Gasteiger partial charge on any atom is -0.391 e. The average Bonchev–Trinajstić information content (AvgIpc) is 2.19. The van der Waals surface area contributed by atoms with Crippen molar-refractivity contribution in [1.82, 2.24) is 0 Å². The monoisotopic (exact) mass is 227 g/mol. The highest BCUT2D eigenvalue weighted by molar-refractivity contribution is 6.31. The van der Waals surface area contributed by atoms with Gasteiger partial charge in [0.15, 0.2) is 0 Å². The molecule has 1 aromatic carbocycles. The first kappa shape index (κ1) is 12.5. The summed E-state index contributed by atoms with van der Waals surface area (Å²) in [7, 11) is 0. The van der Waals surface area contributed by atoms with Crippen LogP contribution in [0.1, 0.15) is 31.0 Å². The van der Waals surface area contributed by atoms with Gasteiger partial charge in [0.2, 0.25) is 0 Å². The molecule has 3 heteroatoms. The zero-order valence-corrected chi connectivity index (χ0v) is 10.1. The van der Waals surface area contributed by atoms with Crippen LogP contribution in [0.15, 0.2) is 18.2 Å². The Hall–Kier alpha value is -0.570. The third kappa shape index (κ3) is 2.94. The Labute approximate surface area is 96.1 Å². The van der Waals surface area contributed by atoms with Crippen molar-refractivity contribution < 1.29 is 5.11 Å². The van der Waals surface area contributed by atoms with E-state index in [4.69, 9.17) is 17.3 Å². The maximum absolute atomic E-state index is 9.84. The highest BCUT2D eigenvalue weighted by Gasteiger charge is 2.20. The summed E-state index contributed by atoms with van der Waals surface area (Å²) in [6.45, 7) is 5.83. The van der Waals surface area contributed by atoms with E-state index in [2.05, 4.69) is 0 Å². The molecule has 1 rings (SSSR count). The maximum atomic E-state index is 9.84. The van der Waals surface area contributed by atoms with Crippen LogP contribution in [0.5, 0.6) is 0 Å². The Balaban J connectivity index is 2.91. The van der Waals surface area contributed by atoms with Crippen LogP contribution in [0.2, 0.25) is 5.02 Å². The molecular formula is C12H18ClNO. The third-order valence-electron chi connectivity index (χ3n) is 2.63. The van der Waals surface area contributed by atoms with Gasteiger partial charge in [-0.25, -0.2) is 0 Å². The topological polar surface area (TPSA) is 46.2 Å². The maximum Gasteiger partial charge on any atom is 0.0755 e. The van der Waals surface area contributed by atoms with Crippen molar-refractivity contribution in [3.05, 3.63) is 34.3 Å². The number of aryl methyl sites for hydroxylation is 1. The van der Waals surface area contributed by atoms with Crippen molar-refractivity contribution in [3.8, 4) is 0 Å². The van der Waals surface area contributed by atoms with E-state index in [1.807, 2.05) is 39.0 Å². The van der Waals surface area contributed by atoms with Crippen molar-refractivity contribution in [1.29, 1.82) is 0 Å². The van der Waals surface area contributed by atoms with E-state index in [-0.39, 0.29) is 12.0 Å². The summed E-state index contributed by atoms with van der Waals surface area (Å²) in [5, 5.41) is 10.5. The highest BCUT2D eigenvalue weighted by Crippen LogP contribution is 2.24. The Morgan fingerprint density at radius 2 is 1.93 bits per heavy atom. The first-order valence-corrected chi connectivity index (χ1v) is 5.51. The van der Waals surface area contributed by atoms with Crippen molar-refractivity contribution in [2.45, 2.75) is 32.9 Å². The van der Waals surface area contributed by atoms with Gasteiger partial charge in [-0.05, 0) is 30.0 Å². The smallest absolute Gasteiger partial charge is 0.0755 e. The zero-order valence-electron chi connectivity index (χ0n) is 9.37. The van der Waals surface area contributed by atoms with Gasteiger partial charge >= 0.3 is 0 Å². The lowest BCUT2D eigenvalue weighted by atomic mass is 9.94.